The van der Waals surface area contributed by atoms with Crippen LogP contribution >= 0.6 is 0 Å². The molecule has 5 nitrogen and oxygen atoms in total. The molecule has 0 saturated carbocycles. The quantitative estimate of drug-likeness (QED) is 0.137. The minimum atomic E-state index is -0.228. The van der Waals surface area contributed by atoms with E-state index in [-0.39, 0.29) is 17.7 Å². The summed E-state index contributed by atoms with van der Waals surface area (Å²) in [5.74, 6) is 3.04. The Balaban J connectivity index is 1.11. The van der Waals surface area contributed by atoms with Crippen LogP contribution in [0.2, 0.25) is 0 Å². The van der Waals surface area contributed by atoms with E-state index >= 15 is 0 Å². The largest absolute Gasteiger partial charge is 0.457 e. The van der Waals surface area contributed by atoms with Gasteiger partial charge in [0, 0.05) is 40.5 Å². The van der Waals surface area contributed by atoms with Gasteiger partial charge < -0.3 is 14.5 Å². The number of fused-ring (bicyclic) bond motifs is 4. The van der Waals surface area contributed by atoms with Crippen molar-refractivity contribution in [1.82, 2.24) is 9.55 Å². The number of aryl methyl sites for hydroxylation is 1. The molecular formula is C58H53FN4O. The number of aromatic nitrogens is 2. The Bertz CT molecular complexity index is 3140. The molecule has 0 radical (unpaired) electrons. The van der Waals surface area contributed by atoms with Gasteiger partial charge in [0.25, 0.3) is 0 Å². The number of para-hydroxylation sites is 1. The van der Waals surface area contributed by atoms with Gasteiger partial charge in [-0.05, 0) is 148 Å². The maximum atomic E-state index is 14.1. The molecule has 0 bridgehead atoms. The lowest BCUT2D eigenvalue weighted by Crippen LogP contribution is -2.26. The van der Waals surface area contributed by atoms with Crippen molar-refractivity contribution in [3.63, 3.8) is 0 Å². The number of nitrogens with zero attached hydrogens (tertiary/aromatic N) is 4. The third-order valence-corrected chi connectivity index (χ3v) is 12.7. The van der Waals surface area contributed by atoms with Crippen molar-refractivity contribution in [2.75, 3.05) is 16.5 Å². The Kier molecular flexibility index (Phi) is 10.5. The van der Waals surface area contributed by atoms with Crippen molar-refractivity contribution < 1.29 is 9.13 Å². The average Bonchev–Trinajstić information content (AvgIpc) is 3.84. The third kappa shape index (κ3) is 7.47. The minimum Gasteiger partial charge on any atom is -0.457 e. The second-order valence-corrected chi connectivity index (χ2v) is 18.1. The van der Waals surface area contributed by atoms with Gasteiger partial charge in [-0.25, -0.2) is 9.37 Å². The number of halogens is 1. The fourth-order valence-electron chi connectivity index (χ4n) is 9.37. The lowest BCUT2D eigenvalue weighted by Gasteiger charge is -2.30. The third-order valence-electron chi connectivity index (χ3n) is 12.7. The predicted molar refractivity (Wildman–Crippen MR) is 265 cm³/mol. The van der Waals surface area contributed by atoms with Crippen LogP contribution in [0.15, 0.2) is 164 Å². The second kappa shape index (κ2) is 16.5. The summed E-state index contributed by atoms with van der Waals surface area (Å²) in [6.07, 6.45) is 1.84. The Morgan fingerprint density at radius 2 is 1.20 bits per heavy atom. The normalized spacial score (nSPS) is 12.7. The van der Waals surface area contributed by atoms with Crippen LogP contribution in [-0.4, -0.2) is 16.2 Å². The fourth-order valence-corrected chi connectivity index (χ4v) is 9.37. The molecule has 1 aliphatic heterocycles. The van der Waals surface area contributed by atoms with Gasteiger partial charge in [0.1, 0.15) is 29.8 Å². The molecule has 6 heteroatoms. The van der Waals surface area contributed by atoms with Gasteiger partial charge >= 0.3 is 0 Å². The van der Waals surface area contributed by atoms with Crippen molar-refractivity contribution in [3.8, 4) is 39.6 Å². The number of pyridine rings is 1. The molecule has 1 aliphatic rings. The van der Waals surface area contributed by atoms with E-state index in [0.717, 1.165) is 67.4 Å². The first-order valence-electron chi connectivity index (χ1n) is 22.5. The number of benzene rings is 7. The zero-order valence-electron chi connectivity index (χ0n) is 37.6. The zero-order chi connectivity index (χ0) is 44.2. The summed E-state index contributed by atoms with van der Waals surface area (Å²) in [6, 6.07) is 54.8. The van der Waals surface area contributed by atoms with E-state index in [1.807, 2.05) is 36.5 Å². The lowest BCUT2D eigenvalue weighted by molar-refractivity contribution is 0.483. The Labute approximate surface area is 376 Å². The van der Waals surface area contributed by atoms with Gasteiger partial charge in [0.2, 0.25) is 0 Å². The number of anilines is 4. The van der Waals surface area contributed by atoms with Crippen LogP contribution in [0.3, 0.4) is 0 Å². The summed E-state index contributed by atoms with van der Waals surface area (Å²) >= 11 is 0. The van der Waals surface area contributed by atoms with Crippen molar-refractivity contribution in [1.29, 1.82) is 0 Å². The topological polar surface area (TPSA) is 33.5 Å². The molecule has 64 heavy (non-hydrogen) atoms. The first-order chi connectivity index (χ1) is 31.0. The standard InChI is InChI=1S/C58H53FN4O/c1-36(2)40-16-18-41(19-17-40)43-29-46(33-48(30-43)64-47-24-25-50-49-12-8-9-13-53(49)63(55(50)34-47)57-14-10-11-27-60-57)61-35-62(56-28-39(7)15-26-54(56)61)58-51(37(3)4)31-44(32-52(58)38(5)6)42-20-22-45(59)23-21-42/h8-34,36-38H,35H2,1-7H3. The summed E-state index contributed by atoms with van der Waals surface area (Å²) in [7, 11) is 0. The van der Waals surface area contributed by atoms with Crippen molar-refractivity contribution in [2.45, 2.75) is 66.2 Å². The molecule has 318 valence electrons. The van der Waals surface area contributed by atoms with Crippen LogP contribution in [0.25, 0.3) is 49.9 Å². The lowest BCUT2D eigenvalue weighted by atomic mass is 9.87. The van der Waals surface area contributed by atoms with Gasteiger partial charge in [0.05, 0.1) is 22.4 Å². The Morgan fingerprint density at radius 1 is 0.531 bits per heavy atom. The van der Waals surface area contributed by atoms with Crippen LogP contribution in [0.5, 0.6) is 11.5 Å². The SMILES string of the molecule is Cc1ccc2c(c1)N(c1c(C(C)C)cc(-c3ccc(F)cc3)cc1C(C)C)CN2c1cc(Oc2ccc3c4ccccc4n(-c4ccccn4)c3c2)cc(-c2ccc(C(C)C)cc2)c1. The minimum absolute atomic E-state index is 0.228. The molecule has 0 aliphatic carbocycles. The van der Waals surface area contributed by atoms with Crippen molar-refractivity contribution in [3.05, 3.63) is 192 Å². The van der Waals surface area contributed by atoms with Crippen LogP contribution in [0.1, 0.15) is 81.5 Å². The molecule has 0 fully saturated rings. The first-order valence-corrected chi connectivity index (χ1v) is 22.5. The van der Waals surface area contributed by atoms with Gasteiger partial charge in [0.15, 0.2) is 0 Å². The molecule has 0 atom stereocenters. The molecule has 7 aromatic carbocycles. The summed E-state index contributed by atoms with van der Waals surface area (Å²) in [4.78, 5) is 9.69. The van der Waals surface area contributed by atoms with Crippen LogP contribution in [-0.2, 0) is 0 Å². The molecule has 0 unspecified atom stereocenters. The molecule has 0 saturated heterocycles. The number of rotatable bonds is 10. The number of hydrogen-bond acceptors (Lipinski definition) is 4. The number of ether oxygens (including phenoxy) is 1. The van der Waals surface area contributed by atoms with E-state index in [4.69, 9.17) is 9.72 Å². The molecule has 0 spiro atoms. The van der Waals surface area contributed by atoms with Crippen LogP contribution in [0, 0.1) is 12.7 Å². The summed E-state index contributed by atoms with van der Waals surface area (Å²) in [5, 5.41) is 2.31. The zero-order valence-corrected chi connectivity index (χ0v) is 37.6. The highest BCUT2D eigenvalue weighted by atomic mass is 19.1. The van der Waals surface area contributed by atoms with E-state index in [2.05, 4.69) is 178 Å². The van der Waals surface area contributed by atoms with Gasteiger partial charge in [-0.1, -0.05) is 108 Å². The van der Waals surface area contributed by atoms with Gasteiger partial charge in [-0.3, -0.25) is 4.57 Å². The summed E-state index contributed by atoms with van der Waals surface area (Å²) < 4.78 is 23.3. The maximum absolute atomic E-state index is 14.1. The monoisotopic (exact) mass is 840 g/mol. The van der Waals surface area contributed by atoms with Gasteiger partial charge in [-0.2, -0.15) is 0 Å². The molecule has 2 aromatic heterocycles. The highest BCUT2D eigenvalue weighted by molar-refractivity contribution is 6.09. The first kappa shape index (κ1) is 40.9. The summed E-state index contributed by atoms with van der Waals surface area (Å²) in [5.41, 5.74) is 16.1. The molecule has 0 amide bonds. The highest BCUT2D eigenvalue weighted by Crippen LogP contribution is 2.51. The predicted octanol–water partition coefficient (Wildman–Crippen LogP) is 16.4. The molecule has 3 heterocycles. The van der Waals surface area contributed by atoms with Gasteiger partial charge in [-0.15, -0.1) is 0 Å². The molecular weight excluding hydrogens is 788 g/mol. The molecule has 10 rings (SSSR count). The smallest absolute Gasteiger partial charge is 0.137 e. The van der Waals surface area contributed by atoms with E-state index in [1.165, 1.54) is 39.0 Å². The fraction of sp³-hybridized carbons (Fsp3) is 0.190. The maximum Gasteiger partial charge on any atom is 0.137 e. The average molecular weight is 841 g/mol. The van der Waals surface area contributed by atoms with E-state index < -0.39 is 0 Å². The summed E-state index contributed by atoms with van der Waals surface area (Å²) in [6.45, 7) is 16.3. The van der Waals surface area contributed by atoms with Crippen LogP contribution < -0.4 is 14.5 Å². The molecule has 9 aromatic rings. The van der Waals surface area contributed by atoms with Crippen molar-refractivity contribution >= 4 is 44.6 Å². The number of hydrogen-bond donors (Lipinski definition) is 0. The molecule has 0 N–H and O–H groups in total. The van der Waals surface area contributed by atoms with Crippen molar-refractivity contribution in [2.24, 2.45) is 0 Å². The van der Waals surface area contributed by atoms with E-state index in [0.29, 0.717) is 12.6 Å². The Morgan fingerprint density at radius 3 is 1.89 bits per heavy atom. The van der Waals surface area contributed by atoms with Crippen LogP contribution in [0.4, 0.5) is 27.1 Å². The highest BCUT2D eigenvalue weighted by Gasteiger charge is 2.33. The Hall–Kier alpha value is -7.18. The van der Waals surface area contributed by atoms with E-state index in [9.17, 15) is 4.39 Å². The second-order valence-electron chi connectivity index (χ2n) is 18.1. The van der Waals surface area contributed by atoms with E-state index in [1.54, 1.807) is 12.1 Å².